The van der Waals surface area contributed by atoms with Crippen molar-refractivity contribution in [2.24, 2.45) is 0 Å². The highest BCUT2D eigenvalue weighted by molar-refractivity contribution is 7.80. The van der Waals surface area contributed by atoms with E-state index in [2.05, 4.69) is 40.9 Å². The van der Waals surface area contributed by atoms with Crippen molar-refractivity contribution in [2.45, 2.75) is 13.5 Å². The molecular formula is C18H18N4S. The molecule has 4 nitrogen and oxygen atoms in total. The van der Waals surface area contributed by atoms with Crippen LogP contribution in [-0.2, 0) is 6.54 Å². The first-order chi connectivity index (χ1) is 11.2. The fourth-order valence-corrected chi connectivity index (χ4v) is 2.43. The van der Waals surface area contributed by atoms with Crippen LogP contribution in [-0.4, -0.2) is 14.9 Å². The summed E-state index contributed by atoms with van der Waals surface area (Å²) in [5, 5.41) is 11.3. The molecule has 5 heteroatoms. The summed E-state index contributed by atoms with van der Waals surface area (Å²) in [5.74, 6) is 0. The Hall–Kier alpha value is -2.66. The Morgan fingerprint density at radius 2 is 1.87 bits per heavy atom. The first-order valence-electron chi connectivity index (χ1n) is 7.42. The summed E-state index contributed by atoms with van der Waals surface area (Å²) in [4.78, 5) is 0. The maximum absolute atomic E-state index is 5.35. The molecule has 23 heavy (non-hydrogen) atoms. The monoisotopic (exact) mass is 322 g/mol. The van der Waals surface area contributed by atoms with E-state index in [9.17, 15) is 0 Å². The van der Waals surface area contributed by atoms with Gasteiger partial charge >= 0.3 is 0 Å². The van der Waals surface area contributed by atoms with Gasteiger partial charge in [-0.2, -0.15) is 5.10 Å². The van der Waals surface area contributed by atoms with Gasteiger partial charge in [0.25, 0.3) is 0 Å². The third-order valence-electron chi connectivity index (χ3n) is 3.55. The lowest BCUT2D eigenvalue weighted by Gasteiger charge is -2.12. The first-order valence-corrected chi connectivity index (χ1v) is 7.82. The summed E-state index contributed by atoms with van der Waals surface area (Å²) in [5.41, 5.74) is 4.40. The molecule has 0 atom stereocenters. The average molecular weight is 322 g/mol. The molecular weight excluding hydrogens is 304 g/mol. The van der Waals surface area contributed by atoms with Crippen LogP contribution in [0.2, 0.25) is 0 Å². The smallest absolute Gasteiger partial charge is 0.171 e. The van der Waals surface area contributed by atoms with Crippen LogP contribution in [0.25, 0.3) is 5.69 Å². The van der Waals surface area contributed by atoms with Crippen LogP contribution in [0.5, 0.6) is 0 Å². The summed E-state index contributed by atoms with van der Waals surface area (Å²) in [6.07, 6.45) is 3.69. The maximum atomic E-state index is 5.35. The second-order valence-electron chi connectivity index (χ2n) is 5.24. The van der Waals surface area contributed by atoms with E-state index in [4.69, 9.17) is 12.2 Å². The average Bonchev–Trinajstić information content (AvgIpc) is 3.10. The minimum atomic E-state index is 0.621. The van der Waals surface area contributed by atoms with Gasteiger partial charge in [0.2, 0.25) is 0 Å². The van der Waals surface area contributed by atoms with Crippen molar-refractivity contribution in [3.63, 3.8) is 0 Å². The molecule has 0 aliphatic carbocycles. The number of benzene rings is 2. The molecule has 116 valence electrons. The van der Waals surface area contributed by atoms with Crippen LogP contribution >= 0.6 is 12.2 Å². The van der Waals surface area contributed by atoms with E-state index in [1.807, 2.05) is 47.3 Å². The molecule has 0 saturated carbocycles. The Morgan fingerprint density at radius 1 is 1.09 bits per heavy atom. The molecule has 1 aromatic heterocycles. The molecule has 3 aromatic rings. The topological polar surface area (TPSA) is 41.9 Å². The van der Waals surface area contributed by atoms with Gasteiger partial charge in [0.1, 0.15) is 0 Å². The van der Waals surface area contributed by atoms with E-state index in [0.29, 0.717) is 11.7 Å². The van der Waals surface area contributed by atoms with Crippen molar-refractivity contribution in [1.29, 1.82) is 0 Å². The molecule has 0 unspecified atom stereocenters. The summed E-state index contributed by atoms with van der Waals surface area (Å²) >= 11 is 5.35. The largest absolute Gasteiger partial charge is 0.358 e. The number of nitrogens with zero attached hydrogens (tertiary/aromatic N) is 2. The van der Waals surface area contributed by atoms with Crippen LogP contribution in [0, 0.1) is 6.92 Å². The van der Waals surface area contributed by atoms with Gasteiger partial charge in [-0.15, -0.1) is 0 Å². The number of aryl methyl sites for hydroxylation is 1. The predicted molar refractivity (Wildman–Crippen MR) is 97.8 cm³/mol. The second-order valence-corrected chi connectivity index (χ2v) is 5.65. The van der Waals surface area contributed by atoms with Crippen LogP contribution in [0.3, 0.4) is 0 Å². The maximum Gasteiger partial charge on any atom is 0.171 e. The number of nitrogens with one attached hydrogen (secondary N) is 2. The molecule has 0 aliphatic rings. The number of hydrogen-bond acceptors (Lipinski definition) is 2. The highest BCUT2D eigenvalue weighted by atomic mass is 32.1. The van der Waals surface area contributed by atoms with E-state index < -0.39 is 0 Å². The Balaban J connectivity index is 1.56. The van der Waals surface area contributed by atoms with E-state index >= 15 is 0 Å². The summed E-state index contributed by atoms with van der Waals surface area (Å²) in [7, 11) is 0. The van der Waals surface area contributed by atoms with Crippen molar-refractivity contribution in [3.8, 4) is 5.69 Å². The normalized spacial score (nSPS) is 10.3. The van der Waals surface area contributed by atoms with Gasteiger partial charge < -0.3 is 10.6 Å². The highest BCUT2D eigenvalue weighted by Crippen LogP contribution is 2.13. The third-order valence-corrected chi connectivity index (χ3v) is 3.80. The minimum absolute atomic E-state index is 0.621. The van der Waals surface area contributed by atoms with E-state index in [1.54, 1.807) is 6.20 Å². The van der Waals surface area contributed by atoms with Crippen molar-refractivity contribution in [2.75, 3.05) is 5.32 Å². The Kier molecular flexibility index (Phi) is 4.68. The zero-order valence-corrected chi connectivity index (χ0v) is 13.7. The molecule has 0 amide bonds. The van der Waals surface area contributed by atoms with Gasteiger partial charge in [0.05, 0.1) is 5.69 Å². The molecule has 0 aliphatic heterocycles. The lowest BCUT2D eigenvalue weighted by atomic mass is 10.2. The Labute approximate surface area is 141 Å². The predicted octanol–water partition coefficient (Wildman–Crippen LogP) is 3.67. The van der Waals surface area contributed by atoms with Gasteiger partial charge in [-0.05, 0) is 54.5 Å². The van der Waals surface area contributed by atoms with Gasteiger partial charge in [0, 0.05) is 24.6 Å². The van der Waals surface area contributed by atoms with Crippen LogP contribution in [0.15, 0.2) is 67.0 Å². The van der Waals surface area contributed by atoms with Gasteiger partial charge in [-0.1, -0.05) is 30.3 Å². The first kappa shape index (κ1) is 15.2. The molecule has 2 aromatic carbocycles. The molecule has 0 spiro atoms. The van der Waals surface area contributed by atoms with E-state index in [-0.39, 0.29) is 0 Å². The molecule has 0 radical (unpaired) electrons. The summed E-state index contributed by atoms with van der Waals surface area (Å²) in [6, 6.07) is 18.2. The molecule has 0 bridgehead atoms. The number of hydrogen-bond donors (Lipinski definition) is 2. The van der Waals surface area contributed by atoms with Crippen LogP contribution < -0.4 is 10.6 Å². The third kappa shape index (κ3) is 3.96. The quantitative estimate of drug-likeness (QED) is 0.719. The number of thiocarbonyl (C=S) groups is 1. The molecule has 0 saturated heterocycles. The van der Waals surface area contributed by atoms with Crippen molar-refractivity contribution in [3.05, 3.63) is 78.1 Å². The van der Waals surface area contributed by atoms with E-state index in [1.165, 1.54) is 5.56 Å². The molecule has 0 fully saturated rings. The highest BCUT2D eigenvalue weighted by Gasteiger charge is 2.01. The summed E-state index contributed by atoms with van der Waals surface area (Å²) < 4.78 is 1.83. The lowest BCUT2D eigenvalue weighted by Crippen LogP contribution is -2.28. The second kappa shape index (κ2) is 7.07. The van der Waals surface area contributed by atoms with Crippen molar-refractivity contribution < 1.29 is 0 Å². The number of anilines is 1. The van der Waals surface area contributed by atoms with E-state index in [0.717, 1.165) is 16.9 Å². The standard InChI is InChI=1S/C18H18N4S/c1-14-5-2-3-6-17(14)21-18(23)19-13-15-7-9-16(10-8-15)22-12-4-11-20-22/h2-12H,13H2,1H3,(H2,19,21,23). The minimum Gasteiger partial charge on any atom is -0.358 e. The lowest BCUT2D eigenvalue weighted by molar-refractivity contribution is 0.874. The Bertz CT molecular complexity index is 779. The SMILES string of the molecule is Cc1ccccc1NC(=S)NCc1ccc(-n2cccn2)cc1. The van der Waals surface area contributed by atoms with Gasteiger partial charge in [-0.25, -0.2) is 4.68 Å². The fourth-order valence-electron chi connectivity index (χ4n) is 2.25. The molecule has 3 rings (SSSR count). The summed E-state index contributed by atoms with van der Waals surface area (Å²) in [6.45, 7) is 2.73. The molecule has 2 N–H and O–H groups in total. The van der Waals surface area contributed by atoms with Crippen LogP contribution in [0.1, 0.15) is 11.1 Å². The number of para-hydroxylation sites is 1. The Morgan fingerprint density at radius 3 is 2.57 bits per heavy atom. The van der Waals surface area contributed by atoms with Gasteiger partial charge in [-0.3, -0.25) is 0 Å². The zero-order chi connectivity index (χ0) is 16.1. The number of rotatable bonds is 4. The van der Waals surface area contributed by atoms with Crippen molar-refractivity contribution in [1.82, 2.24) is 15.1 Å². The van der Waals surface area contributed by atoms with Crippen LogP contribution in [0.4, 0.5) is 5.69 Å². The van der Waals surface area contributed by atoms with Crippen molar-refractivity contribution >= 4 is 23.0 Å². The zero-order valence-electron chi connectivity index (χ0n) is 12.9. The van der Waals surface area contributed by atoms with Gasteiger partial charge in [0.15, 0.2) is 5.11 Å². The fraction of sp³-hybridized carbons (Fsp3) is 0.111. The molecule has 1 heterocycles. The number of aromatic nitrogens is 2.